The van der Waals surface area contributed by atoms with Crippen molar-refractivity contribution in [3.05, 3.63) is 65.2 Å². The van der Waals surface area contributed by atoms with Crippen molar-refractivity contribution >= 4 is 40.5 Å². The summed E-state index contributed by atoms with van der Waals surface area (Å²) in [7, 11) is 0. The van der Waals surface area contributed by atoms with Gasteiger partial charge in [0.05, 0.1) is 6.04 Å². The van der Waals surface area contributed by atoms with E-state index in [9.17, 15) is 4.79 Å². The minimum atomic E-state index is 0.110. The quantitative estimate of drug-likeness (QED) is 0.719. The number of rotatable bonds is 3. The highest BCUT2D eigenvalue weighted by atomic mass is 35.5. The number of halogens is 1. The second-order valence-corrected chi connectivity index (χ2v) is 6.83. The van der Waals surface area contributed by atoms with E-state index in [2.05, 4.69) is 12.1 Å². The molecule has 0 aliphatic carbocycles. The average Bonchev–Trinajstić information content (AvgIpc) is 2.84. The Bertz CT molecular complexity index is 603. The maximum Gasteiger partial charge on any atom is 0.292 e. The number of carbonyl (C=O) groups excluding carboxylic acids is 1. The third kappa shape index (κ3) is 2.97. The molecule has 2 nitrogen and oxygen atoms in total. The Morgan fingerprint density at radius 2 is 1.80 bits per heavy atom. The molecule has 20 heavy (non-hydrogen) atoms. The molecule has 2 aromatic rings. The highest BCUT2D eigenvalue weighted by molar-refractivity contribution is 8.15. The Morgan fingerprint density at radius 3 is 2.50 bits per heavy atom. The molecular weight excluding hydrogens is 310 g/mol. The molecule has 2 aromatic carbocycles. The standard InChI is InChI=1S/C15H12ClNOS2/c16-12-6-8-13(9-7-12)20-17-14(10-19-15(17)18)11-4-2-1-3-5-11/h1-9,14H,10H2. The van der Waals surface area contributed by atoms with Crippen molar-refractivity contribution in [1.29, 1.82) is 0 Å². The van der Waals surface area contributed by atoms with E-state index in [1.807, 2.05) is 46.8 Å². The maximum absolute atomic E-state index is 12.1. The molecule has 1 fully saturated rings. The summed E-state index contributed by atoms with van der Waals surface area (Å²) >= 11 is 8.73. The van der Waals surface area contributed by atoms with Crippen molar-refractivity contribution in [1.82, 2.24) is 4.31 Å². The van der Waals surface area contributed by atoms with E-state index in [0.29, 0.717) is 5.02 Å². The Balaban J connectivity index is 1.82. The minimum Gasteiger partial charge on any atom is -0.264 e. The summed E-state index contributed by atoms with van der Waals surface area (Å²) in [6.07, 6.45) is 0. The van der Waals surface area contributed by atoms with Gasteiger partial charge in [0.2, 0.25) is 0 Å². The van der Waals surface area contributed by atoms with Crippen molar-refractivity contribution < 1.29 is 4.79 Å². The van der Waals surface area contributed by atoms with E-state index in [-0.39, 0.29) is 11.3 Å². The number of amides is 1. The van der Waals surface area contributed by atoms with Gasteiger partial charge in [0.25, 0.3) is 5.24 Å². The summed E-state index contributed by atoms with van der Waals surface area (Å²) in [6.45, 7) is 0. The molecule has 0 aromatic heterocycles. The lowest BCUT2D eigenvalue weighted by atomic mass is 10.1. The van der Waals surface area contributed by atoms with Gasteiger partial charge in [-0.2, -0.15) is 0 Å². The third-order valence-electron chi connectivity index (χ3n) is 3.03. The Morgan fingerprint density at radius 1 is 1.10 bits per heavy atom. The second-order valence-electron chi connectivity index (χ2n) is 4.37. The van der Waals surface area contributed by atoms with Crippen LogP contribution in [-0.2, 0) is 0 Å². The predicted molar refractivity (Wildman–Crippen MR) is 86.2 cm³/mol. The van der Waals surface area contributed by atoms with Gasteiger partial charge in [0, 0.05) is 15.7 Å². The van der Waals surface area contributed by atoms with Crippen LogP contribution in [0, 0.1) is 0 Å². The Kier molecular flexibility index (Phi) is 4.24. The predicted octanol–water partition coefficient (Wildman–Crippen LogP) is 5.26. The molecule has 0 radical (unpaired) electrons. The molecule has 0 bridgehead atoms. The maximum atomic E-state index is 12.1. The number of hydrogen-bond acceptors (Lipinski definition) is 3. The molecule has 0 N–H and O–H groups in total. The minimum absolute atomic E-state index is 0.110. The van der Waals surface area contributed by atoms with Crippen LogP contribution in [-0.4, -0.2) is 15.3 Å². The molecule has 1 heterocycles. The first-order valence-electron chi connectivity index (χ1n) is 6.18. The second kappa shape index (κ2) is 6.12. The lowest BCUT2D eigenvalue weighted by Crippen LogP contribution is -2.19. The van der Waals surface area contributed by atoms with Gasteiger partial charge < -0.3 is 0 Å². The van der Waals surface area contributed by atoms with Crippen LogP contribution in [0.3, 0.4) is 0 Å². The van der Waals surface area contributed by atoms with Crippen molar-refractivity contribution in [2.75, 3.05) is 5.75 Å². The molecule has 1 amide bonds. The highest BCUT2D eigenvalue weighted by Gasteiger charge is 2.33. The van der Waals surface area contributed by atoms with Crippen LogP contribution in [0.1, 0.15) is 11.6 Å². The summed E-state index contributed by atoms with van der Waals surface area (Å²) < 4.78 is 1.85. The van der Waals surface area contributed by atoms with Crippen LogP contribution < -0.4 is 0 Å². The SMILES string of the molecule is O=C1SCC(c2ccccc2)N1Sc1ccc(Cl)cc1. The van der Waals surface area contributed by atoms with E-state index in [1.54, 1.807) is 0 Å². The number of thioether (sulfide) groups is 1. The van der Waals surface area contributed by atoms with Crippen molar-refractivity contribution in [3.63, 3.8) is 0 Å². The van der Waals surface area contributed by atoms with Gasteiger partial charge in [0.1, 0.15) is 0 Å². The first-order chi connectivity index (χ1) is 9.74. The van der Waals surface area contributed by atoms with Crippen LogP contribution in [0.5, 0.6) is 0 Å². The smallest absolute Gasteiger partial charge is 0.264 e. The van der Waals surface area contributed by atoms with Gasteiger partial charge in [-0.25, -0.2) is 0 Å². The van der Waals surface area contributed by atoms with Gasteiger partial charge in [-0.1, -0.05) is 53.7 Å². The van der Waals surface area contributed by atoms with Crippen LogP contribution in [0.4, 0.5) is 4.79 Å². The summed E-state index contributed by atoms with van der Waals surface area (Å²) in [5.74, 6) is 0.795. The van der Waals surface area contributed by atoms with E-state index in [4.69, 9.17) is 11.6 Å². The van der Waals surface area contributed by atoms with Gasteiger partial charge >= 0.3 is 0 Å². The van der Waals surface area contributed by atoms with E-state index in [1.165, 1.54) is 29.3 Å². The summed E-state index contributed by atoms with van der Waals surface area (Å²) in [5.41, 5.74) is 1.17. The topological polar surface area (TPSA) is 20.3 Å². The first-order valence-corrected chi connectivity index (χ1v) is 8.32. The van der Waals surface area contributed by atoms with Crippen molar-refractivity contribution in [2.45, 2.75) is 10.9 Å². The van der Waals surface area contributed by atoms with E-state index in [0.717, 1.165) is 10.6 Å². The molecule has 0 saturated carbocycles. The molecule has 1 unspecified atom stereocenters. The highest BCUT2D eigenvalue weighted by Crippen LogP contribution is 2.42. The van der Waals surface area contributed by atoms with Gasteiger partial charge in [-0.15, -0.1) is 0 Å². The lowest BCUT2D eigenvalue weighted by molar-refractivity contribution is 0.245. The Hall–Kier alpha value is -1.10. The zero-order valence-corrected chi connectivity index (χ0v) is 12.9. The number of benzene rings is 2. The van der Waals surface area contributed by atoms with Gasteiger partial charge in [-0.05, 0) is 41.8 Å². The normalized spacial score (nSPS) is 18.6. The average molecular weight is 322 g/mol. The fourth-order valence-electron chi connectivity index (χ4n) is 2.03. The molecule has 1 atom stereocenters. The lowest BCUT2D eigenvalue weighted by Gasteiger charge is -2.22. The molecular formula is C15H12ClNOS2. The monoisotopic (exact) mass is 321 g/mol. The fourth-order valence-corrected chi connectivity index (χ4v) is 4.30. The van der Waals surface area contributed by atoms with Crippen molar-refractivity contribution in [3.8, 4) is 0 Å². The third-order valence-corrected chi connectivity index (χ3v) is 5.42. The molecule has 1 aliphatic heterocycles. The zero-order chi connectivity index (χ0) is 13.9. The molecule has 3 rings (SSSR count). The largest absolute Gasteiger partial charge is 0.292 e. The number of carbonyl (C=O) groups is 1. The first kappa shape index (κ1) is 13.9. The Labute approximate surface area is 131 Å². The summed E-state index contributed by atoms with van der Waals surface area (Å²) in [4.78, 5) is 13.1. The van der Waals surface area contributed by atoms with Crippen LogP contribution in [0.15, 0.2) is 59.5 Å². The van der Waals surface area contributed by atoms with Gasteiger partial charge in [0.15, 0.2) is 0 Å². The molecule has 1 saturated heterocycles. The zero-order valence-electron chi connectivity index (χ0n) is 10.5. The van der Waals surface area contributed by atoms with Crippen molar-refractivity contribution in [2.24, 2.45) is 0 Å². The summed E-state index contributed by atoms with van der Waals surface area (Å²) in [5, 5.41) is 0.815. The van der Waals surface area contributed by atoms with E-state index >= 15 is 0 Å². The van der Waals surface area contributed by atoms with E-state index < -0.39 is 0 Å². The van der Waals surface area contributed by atoms with Crippen LogP contribution in [0.25, 0.3) is 0 Å². The number of hydrogen-bond donors (Lipinski definition) is 0. The molecule has 0 spiro atoms. The van der Waals surface area contributed by atoms with Crippen LogP contribution >= 0.6 is 35.3 Å². The molecule has 102 valence electrons. The summed E-state index contributed by atoms with van der Waals surface area (Å²) in [6, 6.07) is 17.8. The molecule has 5 heteroatoms. The fraction of sp³-hybridized carbons (Fsp3) is 0.133. The van der Waals surface area contributed by atoms with Crippen LogP contribution in [0.2, 0.25) is 5.02 Å². The molecule has 1 aliphatic rings. The van der Waals surface area contributed by atoms with Gasteiger partial charge in [-0.3, -0.25) is 9.10 Å². The number of nitrogens with zero attached hydrogens (tertiary/aromatic N) is 1.